The summed E-state index contributed by atoms with van der Waals surface area (Å²) in [5, 5.41) is 3.50. The van der Waals surface area contributed by atoms with E-state index in [-0.39, 0.29) is 0 Å². The molecule has 1 aromatic heterocycles. The van der Waals surface area contributed by atoms with Crippen LogP contribution in [0.2, 0.25) is 0 Å². The van der Waals surface area contributed by atoms with Crippen LogP contribution in [0.15, 0.2) is 18.3 Å². The molecule has 2 rings (SSSR count). The first-order valence-electron chi connectivity index (χ1n) is 6.04. The van der Waals surface area contributed by atoms with E-state index in [2.05, 4.69) is 17.2 Å². The quantitative estimate of drug-likeness (QED) is 0.850. The predicted octanol–water partition coefficient (Wildman–Crippen LogP) is 3.08. The van der Waals surface area contributed by atoms with Crippen LogP contribution in [-0.2, 0) is 0 Å². The number of anilines is 1. The second kappa shape index (κ2) is 5.19. The van der Waals surface area contributed by atoms with Gasteiger partial charge in [0.15, 0.2) is 0 Å². The molecule has 1 saturated carbocycles. The lowest BCUT2D eigenvalue weighted by molar-refractivity contribution is 0.358. The average molecular weight is 220 g/mol. The lowest BCUT2D eigenvalue weighted by Gasteiger charge is -2.27. The third-order valence-electron chi connectivity index (χ3n) is 3.26. The number of nitrogens with zero attached hydrogens (tertiary/aromatic N) is 1. The van der Waals surface area contributed by atoms with E-state index in [1.165, 1.54) is 25.7 Å². The summed E-state index contributed by atoms with van der Waals surface area (Å²) in [7, 11) is 1.66. The Morgan fingerprint density at radius 1 is 1.38 bits per heavy atom. The molecule has 1 fully saturated rings. The van der Waals surface area contributed by atoms with Crippen LogP contribution in [0.25, 0.3) is 0 Å². The Morgan fingerprint density at radius 3 is 2.88 bits per heavy atom. The molecule has 2 unspecified atom stereocenters. The van der Waals surface area contributed by atoms with E-state index in [9.17, 15) is 0 Å². The SMILES string of the molecule is COc1ccc(NC2CCCC(C)C2)nc1. The normalized spacial score (nSPS) is 25.1. The van der Waals surface area contributed by atoms with Gasteiger partial charge < -0.3 is 10.1 Å². The van der Waals surface area contributed by atoms with Gasteiger partial charge in [0.2, 0.25) is 0 Å². The van der Waals surface area contributed by atoms with Gasteiger partial charge in [0, 0.05) is 6.04 Å². The van der Waals surface area contributed by atoms with Crippen LogP contribution < -0.4 is 10.1 Å². The van der Waals surface area contributed by atoms with Crippen molar-refractivity contribution < 1.29 is 4.74 Å². The first-order chi connectivity index (χ1) is 7.78. The van der Waals surface area contributed by atoms with Crippen molar-refractivity contribution in [2.24, 2.45) is 5.92 Å². The Balaban J connectivity index is 1.92. The number of nitrogens with one attached hydrogen (secondary N) is 1. The Morgan fingerprint density at radius 2 is 2.25 bits per heavy atom. The number of rotatable bonds is 3. The van der Waals surface area contributed by atoms with Gasteiger partial charge in [0.1, 0.15) is 11.6 Å². The lowest BCUT2D eigenvalue weighted by Crippen LogP contribution is -2.26. The Labute approximate surface area is 97.2 Å². The van der Waals surface area contributed by atoms with Crippen LogP contribution in [0, 0.1) is 5.92 Å². The van der Waals surface area contributed by atoms with Crippen molar-refractivity contribution in [3.05, 3.63) is 18.3 Å². The van der Waals surface area contributed by atoms with Gasteiger partial charge in [0.25, 0.3) is 0 Å². The highest BCUT2D eigenvalue weighted by molar-refractivity contribution is 5.38. The summed E-state index contributed by atoms with van der Waals surface area (Å²) in [6, 6.07) is 4.52. The van der Waals surface area contributed by atoms with Gasteiger partial charge in [0.05, 0.1) is 13.3 Å². The molecule has 0 bridgehead atoms. The van der Waals surface area contributed by atoms with Gasteiger partial charge in [-0.2, -0.15) is 0 Å². The van der Waals surface area contributed by atoms with Gasteiger partial charge in [-0.25, -0.2) is 4.98 Å². The maximum absolute atomic E-state index is 5.09. The maximum atomic E-state index is 5.09. The average Bonchev–Trinajstić information content (AvgIpc) is 2.30. The van der Waals surface area contributed by atoms with Crippen LogP contribution in [0.1, 0.15) is 32.6 Å². The van der Waals surface area contributed by atoms with Crippen molar-refractivity contribution in [2.75, 3.05) is 12.4 Å². The van der Waals surface area contributed by atoms with Gasteiger partial charge in [-0.05, 0) is 30.9 Å². The molecular weight excluding hydrogens is 200 g/mol. The summed E-state index contributed by atoms with van der Waals surface area (Å²) < 4.78 is 5.09. The van der Waals surface area contributed by atoms with Gasteiger partial charge in [-0.3, -0.25) is 0 Å². The second-order valence-corrected chi connectivity index (χ2v) is 4.70. The van der Waals surface area contributed by atoms with Crippen molar-refractivity contribution in [1.29, 1.82) is 0 Å². The highest BCUT2D eigenvalue weighted by Crippen LogP contribution is 2.25. The number of aromatic nitrogens is 1. The second-order valence-electron chi connectivity index (χ2n) is 4.70. The minimum absolute atomic E-state index is 0.588. The molecule has 0 aromatic carbocycles. The summed E-state index contributed by atoms with van der Waals surface area (Å²) in [6.45, 7) is 2.33. The molecule has 0 aliphatic heterocycles. The number of pyridine rings is 1. The highest BCUT2D eigenvalue weighted by atomic mass is 16.5. The van der Waals surface area contributed by atoms with E-state index in [1.807, 2.05) is 12.1 Å². The van der Waals surface area contributed by atoms with Gasteiger partial charge in [-0.1, -0.05) is 19.8 Å². The minimum atomic E-state index is 0.588. The molecule has 0 saturated heterocycles. The summed E-state index contributed by atoms with van der Waals surface area (Å²) >= 11 is 0. The summed E-state index contributed by atoms with van der Waals surface area (Å²) in [6.07, 6.45) is 6.98. The van der Waals surface area contributed by atoms with Crippen LogP contribution in [0.5, 0.6) is 5.75 Å². The van der Waals surface area contributed by atoms with Crippen LogP contribution in [0.4, 0.5) is 5.82 Å². The number of ether oxygens (including phenoxy) is 1. The fraction of sp³-hybridized carbons (Fsp3) is 0.615. The molecule has 1 heterocycles. The number of hydrogen-bond acceptors (Lipinski definition) is 3. The summed E-state index contributed by atoms with van der Waals surface area (Å²) in [5.41, 5.74) is 0. The monoisotopic (exact) mass is 220 g/mol. The zero-order valence-electron chi connectivity index (χ0n) is 10.1. The molecule has 2 atom stereocenters. The molecule has 1 aliphatic rings. The van der Waals surface area contributed by atoms with Crippen molar-refractivity contribution >= 4 is 5.82 Å². The third-order valence-corrected chi connectivity index (χ3v) is 3.26. The lowest BCUT2D eigenvalue weighted by atomic mass is 9.87. The van der Waals surface area contributed by atoms with E-state index >= 15 is 0 Å². The highest BCUT2D eigenvalue weighted by Gasteiger charge is 2.18. The van der Waals surface area contributed by atoms with E-state index in [0.29, 0.717) is 6.04 Å². The van der Waals surface area contributed by atoms with E-state index in [1.54, 1.807) is 13.3 Å². The van der Waals surface area contributed by atoms with Crippen molar-refractivity contribution in [1.82, 2.24) is 4.98 Å². The van der Waals surface area contributed by atoms with Crippen LogP contribution >= 0.6 is 0 Å². The molecule has 3 heteroatoms. The van der Waals surface area contributed by atoms with Crippen LogP contribution in [0.3, 0.4) is 0 Å². The largest absolute Gasteiger partial charge is 0.495 e. The Hall–Kier alpha value is -1.25. The van der Waals surface area contributed by atoms with Gasteiger partial charge >= 0.3 is 0 Å². The van der Waals surface area contributed by atoms with E-state index in [0.717, 1.165) is 17.5 Å². The van der Waals surface area contributed by atoms with Crippen molar-refractivity contribution in [2.45, 2.75) is 38.6 Å². The summed E-state index contributed by atoms with van der Waals surface area (Å²) in [4.78, 5) is 4.33. The van der Waals surface area contributed by atoms with Crippen LogP contribution in [-0.4, -0.2) is 18.1 Å². The Bertz CT molecular complexity index is 323. The molecule has 0 spiro atoms. The third kappa shape index (κ3) is 2.87. The fourth-order valence-corrected chi connectivity index (χ4v) is 2.36. The molecule has 0 radical (unpaired) electrons. The zero-order chi connectivity index (χ0) is 11.4. The predicted molar refractivity (Wildman–Crippen MR) is 65.8 cm³/mol. The smallest absolute Gasteiger partial charge is 0.137 e. The number of methoxy groups -OCH3 is 1. The number of hydrogen-bond donors (Lipinski definition) is 1. The molecule has 1 aromatic rings. The minimum Gasteiger partial charge on any atom is -0.495 e. The zero-order valence-corrected chi connectivity index (χ0v) is 10.1. The molecule has 88 valence electrons. The molecular formula is C13H20N2O. The van der Waals surface area contributed by atoms with Crippen molar-refractivity contribution in [3.8, 4) is 5.75 Å². The molecule has 3 nitrogen and oxygen atoms in total. The summed E-state index contributed by atoms with van der Waals surface area (Å²) in [5.74, 6) is 2.60. The Kier molecular flexibility index (Phi) is 3.65. The molecule has 0 amide bonds. The first-order valence-corrected chi connectivity index (χ1v) is 6.04. The molecule has 1 aliphatic carbocycles. The molecule has 16 heavy (non-hydrogen) atoms. The standard InChI is InChI=1S/C13H20N2O/c1-10-4-3-5-11(8-10)15-13-7-6-12(16-2)9-14-13/h6-7,9-11H,3-5,8H2,1-2H3,(H,14,15). The topological polar surface area (TPSA) is 34.1 Å². The van der Waals surface area contributed by atoms with E-state index in [4.69, 9.17) is 4.74 Å². The van der Waals surface area contributed by atoms with E-state index < -0.39 is 0 Å². The first kappa shape index (κ1) is 11.2. The molecule has 1 N–H and O–H groups in total. The maximum Gasteiger partial charge on any atom is 0.137 e. The van der Waals surface area contributed by atoms with Gasteiger partial charge in [-0.15, -0.1) is 0 Å². The van der Waals surface area contributed by atoms with Crippen molar-refractivity contribution in [3.63, 3.8) is 0 Å². The fourth-order valence-electron chi connectivity index (χ4n) is 2.36.